The minimum absolute atomic E-state index is 0.00569. The molecule has 4 rings (SSSR count). The van der Waals surface area contributed by atoms with Crippen molar-refractivity contribution in [3.63, 3.8) is 0 Å². The van der Waals surface area contributed by atoms with Gasteiger partial charge in [-0.3, -0.25) is 4.79 Å². The molecule has 1 unspecified atom stereocenters. The van der Waals surface area contributed by atoms with Gasteiger partial charge in [-0.05, 0) is 72.9 Å². The van der Waals surface area contributed by atoms with Gasteiger partial charge in [0.15, 0.2) is 6.61 Å². The number of ether oxygens (including phenoxy) is 1. The van der Waals surface area contributed by atoms with Gasteiger partial charge in [0.2, 0.25) is 0 Å². The van der Waals surface area contributed by atoms with Gasteiger partial charge < -0.3 is 10.1 Å². The fraction of sp³-hybridized carbons (Fsp3) is 0.364. The summed E-state index contributed by atoms with van der Waals surface area (Å²) < 4.78 is 5.23. The van der Waals surface area contributed by atoms with Gasteiger partial charge in [0.25, 0.3) is 5.91 Å². The molecule has 0 saturated heterocycles. The molecule has 26 heavy (non-hydrogen) atoms. The average molecular weight is 349 g/mol. The second-order valence-corrected chi connectivity index (χ2v) is 7.12. The predicted molar refractivity (Wildman–Crippen MR) is 99.0 cm³/mol. The Kier molecular flexibility index (Phi) is 4.74. The number of hydrogen-bond donors (Lipinski definition) is 1. The Balaban J connectivity index is 1.34. The summed E-state index contributed by atoms with van der Waals surface area (Å²) >= 11 is 0. The van der Waals surface area contributed by atoms with Crippen LogP contribution in [-0.2, 0) is 28.8 Å². The second kappa shape index (κ2) is 7.32. The lowest BCUT2D eigenvalue weighted by Gasteiger charge is -2.26. The maximum absolute atomic E-state index is 12.3. The van der Waals surface area contributed by atoms with Crippen LogP contribution in [0.5, 0.6) is 0 Å². The molecule has 0 aliphatic heterocycles. The number of hydrogen-bond acceptors (Lipinski definition) is 3. The van der Waals surface area contributed by atoms with Gasteiger partial charge in [-0.25, -0.2) is 4.79 Å². The van der Waals surface area contributed by atoms with Crippen molar-refractivity contribution >= 4 is 11.9 Å². The highest BCUT2D eigenvalue weighted by Crippen LogP contribution is 2.29. The SMILES string of the molecule is O=C(COC(=O)c1ccc2c(c1)CCC2)NC1CCCc2ccccc21. The number of amides is 1. The normalized spacial score (nSPS) is 17.9. The Labute approximate surface area is 153 Å². The van der Waals surface area contributed by atoms with Crippen LogP contribution in [0.4, 0.5) is 0 Å². The van der Waals surface area contributed by atoms with Crippen LogP contribution >= 0.6 is 0 Å². The van der Waals surface area contributed by atoms with Gasteiger partial charge in [0, 0.05) is 0 Å². The number of carbonyl (C=O) groups excluding carboxylic acids is 2. The topological polar surface area (TPSA) is 55.4 Å². The van der Waals surface area contributed by atoms with E-state index in [1.54, 1.807) is 6.07 Å². The van der Waals surface area contributed by atoms with Crippen LogP contribution < -0.4 is 5.32 Å². The van der Waals surface area contributed by atoms with Crippen LogP contribution in [0.25, 0.3) is 0 Å². The van der Waals surface area contributed by atoms with Gasteiger partial charge in [0.05, 0.1) is 11.6 Å². The third-order valence-corrected chi connectivity index (χ3v) is 5.37. The molecular weight excluding hydrogens is 326 g/mol. The molecule has 1 N–H and O–H groups in total. The van der Waals surface area contributed by atoms with Crippen molar-refractivity contribution in [3.05, 3.63) is 70.3 Å². The van der Waals surface area contributed by atoms with Crippen LogP contribution in [-0.4, -0.2) is 18.5 Å². The summed E-state index contributed by atoms with van der Waals surface area (Å²) in [4.78, 5) is 24.5. The van der Waals surface area contributed by atoms with Crippen molar-refractivity contribution in [2.75, 3.05) is 6.61 Å². The first-order valence-corrected chi connectivity index (χ1v) is 9.37. The third-order valence-electron chi connectivity index (χ3n) is 5.37. The van der Waals surface area contributed by atoms with Crippen molar-refractivity contribution in [2.45, 2.75) is 44.6 Å². The number of esters is 1. The minimum Gasteiger partial charge on any atom is -0.452 e. The summed E-state index contributed by atoms with van der Waals surface area (Å²) in [5, 5.41) is 3.01. The molecule has 2 aromatic carbocycles. The van der Waals surface area contributed by atoms with Crippen LogP contribution in [0.2, 0.25) is 0 Å². The molecule has 0 bridgehead atoms. The zero-order valence-corrected chi connectivity index (χ0v) is 14.8. The van der Waals surface area contributed by atoms with E-state index in [4.69, 9.17) is 4.74 Å². The van der Waals surface area contributed by atoms with Gasteiger partial charge in [-0.15, -0.1) is 0 Å². The number of rotatable bonds is 4. The number of carbonyl (C=O) groups is 2. The lowest BCUT2D eigenvalue weighted by molar-refractivity contribution is -0.125. The van der Waals surface area contributed by atoms with Crippen LogP contribution in [0.1, 0.15) is 57.9 Å². The van der Waals surface area contributed by atoms with Crippen molar-refractivity contribution in [1.82, 2.24) is 5.32 Å². The van der Waals surface area contributed by atoms with E-state index in [1.807, 2.05) is 24.3 Å². The maximum Gasteiger partial charge on any atom is 0.338 e. The Hall–Kier alpha value is -2.62. The molecular formula is C22H23NO3. The van der Waals surface area contributed by atoms with Crippen molar-refractivity contribution in [3.8, 4) is 0 Å². The second-order valence-electron chi connectivity index (χ2n) is 7.12. The highest BCUT2D eigenvalue weighted by molar-refractivity contribution is 5.91. The zero-order valence-electron chi connectivity index (χ0n) is 14.8. The first-order chi connectivity index (χ1) is 12.7. The van der Waals surface area contributed by atoms with E-state index >= 15 is 0 Å². The molecule has 0 heterocycles. The Bertz CT molecular complexity index is 843. The molecule has 4 nitrogen and oxygen atoms in total. The molecule has 2 aliphatic carbocycles. The largest absolute Gasteiger partial charge is 0.452 e. The standard InChI is InChI=1S/C22H23NO3/c24-21(23-20-10-4-7-16-5-1-2-9-19(16)20)14-26-22(25)18-12-11-15-6-3-8-17(15)13-18/h1-2,5,9,11-13,20H,3-4,6-8,10,14H2,(H,23,24). The van der Waals surface area contributed by atoms with Gasteiger partial charge in [-0.1, -0.05) is 30.3 Å². The van der Waals surface area contributed by atoms with Gasteiger partial charge >= 0.3 is 5.97 Å². The van der Waals surface area contributed by atoms with Gasteiger partial charge in [-0.2, -0.15) is 0 Å². The summed E-state index contributed by atoms with van der Waals surface area (Å²) in [6.45, 7) is -0.241. The summed E-state index contributed by atoms with van der Waals surface area (Å²) in [7, 11) is 0. The molecule has 0 aromatic heterocycles. The molecule has 1 amide bonds. The lowest BCUT2D eigenvalue weighted by Crippen LogP contribution is -2.34. The predicted octanol–water partition coefficient (Wildman–Crippen LogP) is 3.53. The minimum atomic E-state index is -0.432. The number of nitrogens with one attached hydrogen (secondary N) is 1. The molecule has 2 aromatic rings. The number of fused-ring (bicyclic) bond motifs is 2. The van der Waals surface area contributed by atoms with E-state index in [0.717, 1.165) is 38.5 Å². The summed E-state index contributed by atoms with van der Waals surface area (Å²) in [5.41, 5.74) is 5.54. The molecule has 0 spiro atoms. The van der Waals surface area contributed by atoms with Gasteiger partial charge in [0.1, 0.15) is 0 Å². The van der Waals surface area contributed by atoms with Crippen LogP contribution in [0.3, 0.4) is 0 Å². The van der Waals surface area contributed by atoms with Crippen molar-refractivity contribution in [2.24, 2.45) is 0 Å². The maximum atomic E-state index is 12.3. The van der Waals surface area contributed by atoms with E-state index in [0.29, 0.717) is 5.56 Å². The smallest absolute Gasteiger partial charge is 0.338 e. The van der Waals surface area contributed by atoms with Crippen LogP contribution in [0.15, 0.2) is 42.5 Å². The molecule has 0 fully saturated rings. The van der Waals surface area contributed by atoms with Crippen LogP contribution in [0, 0.1) is 0 Å². The van der Waals surface area contributed by atoms with E-state index in [1.165, 1.54) is 22.3 Å². The van der Waals surface area contributed by atoms with E-state index in [2.05, 4.69) is 17.4 Å². The molecule has 4 heteroatoms. The Morgan fingerprint density at radius 2 is 1.77 bits per heavy atom. The summed E-state index contributed by atoms with van der Waals surface area (Å²) in [5.74, 6) is -0.680. The number of benzene rings is 2. The quantitative estimate of drug-likeness (QED) is 0.859. The van der Waals surface area contributed by atoms with Crippen molar-refractivity contribution < 1.29 is 14.3 Å². The lowest BCUT2D eigenvalue weighted by atomic mass is 9.88. The molecule has 2 aliphatic rings. The third kappa shape index (κ3) is 3.50. The zero-order chi connectivity index (χ0) is 17.9. The Morgan fingerprint density at radius 1 is 0.962 bits per heavy atom. The molecule has 0 saturated carbocycles. The fourth-order valence-electron chi connectivity index (χ4n) is 4.05. The highest BCUT2D eigenvalue weighted by Gasteiger charge is 2.22. The summed E-state index contributed by atoms with van der Waals surface area (Å²) in [6.07, 6.45) is 6.25. The fourth-order valence-corrected chi connectivity index (χ4v) is 4.05. The molecule has 0 radical (unpaired) electrons. The highest BCUT2D eigenvalue weighted by atomic mass is 16.5. The average Bonchev–Trinajstić information content (AvgIpc) is 3.14. The monoisotopic (exact) mass is 349 g/mol. The molecule has 134 valence electrons. The van der Waals surface area contributed by atoms with E-state index in [-0.39, 0.29) is 18.6 Å². The van der Waals surface area contributed by atoms with E-state index < -0.39 is 5.97 Å². The van der Waals surface area contributed by atoms with Crippen molar-refractivity contribution in [1.29, 1.82) is 0 Å². The first-order valence-electron chi connectivity index (χ1n) is 9.37. The molecule has 1 atom stereocenters. The Morgan fingerprint density at radius 3 is 2.69 bits per heavy atom. The first kappa shape index (κ1) is 16.8. The summed E-state index contributed by atoms with van der Waals surface area (Å²) in [6, 6.07) is 13.9. The van der Waals surface area contributed by atoms with E-state index in [9.17, 15) is 9.59 Å². The number of aryl methyl sites for hydroxylation is 3.